The van der Waals surface area contributed by atoms with Gasteiger partial charge in [-0.25, -0.2) is 4.79 Å². The number of aryl methyl sites for hydroxylation is 1. The Bertz CT molecular complexity index is 558. The maximum Gasteiger partial charge on any atom is 0.325 e. The zero-order chi connectivity index (χ0) is 15.0. The van der Waals surface area contributed by atoms with Crippen molar-refractivity contribution in [2.75, 3.05) is 6.54 Å². The van der Waals surface area contributed by atoms with Crippen LogP contribution in [0.2, 0.25) is 0 Å². The Labute approximate surface area is 124 Å². The van der Waals surface area contributed by atoms with Crippen LogP contribution >= 0.6 is 0 Å². The van der Waals surface area contributed by atoms with E-state index in [1.165, 1.54) is 0 Å². The van der Waals surface area contributed by atoms with E-state index in [1.54, 1.807) is 11.1 Å². The van der Waals surface area contributed by atoms with Gasteiger partial charge in [0, 0.05) is 31.9 Å². The van der Waals surface area contributed by atoms with E-state index in [1.807, 2.05) is 17.8 Å². The Morgan fingerprint density at radius 2 is 2.10 bits per heavy atom. The number of hydrogen-bond donors (Lipinski definition) is 1. The van der Waals surface area contributed by atoms with Crippen LogP contribution < -0.4 is 5.32 Å². The maximum atomic E-state index is 12.3. The molecular formula is C15H22N4O2. The average molecular weight is 290 g/mol. The van der Waals surface area contributed by atoms with Crippen LogP contribution in [0, 0.1) is 5.92 Å². The molecular weight excluding hydrogens is 268 g/mol. The summed E-state index contributed by atoms with van der Waals surface area (Å²) in [5.41, 5.74) is 0.462. The van der Waals surface area contributed by atoms with Gasteiger partial charge in [-0.05, 0) is 37.7 Å². The van der Waals surface area contributed by atoms with Crippen LogP contribution in [0.5, 0.6) is 0 Å². The molecule has 2 fully saturated rings. The van der Waals surface area contributed by atoms with Gasteiger partial charge >= 0.3 is 6.03 Å². The van der Waals surface area contributed by atoms with Gasteiger partial charge in [0.1, 0.15) is 5.54 Å². The summed E-state index contributed by atoms with van der Waals surface area (Å²) in [5.74, 6) is 0.530. The minimum Gasteiger partial charge on any atom is -0.309 e. The Morgan fingerprint density at radius 3 is 2.71 bits per heavy atom. The second kappa shape index (κ2) is 5.16. The topological polar surface area (TPSA) is 67.2 Å². The van der Waals surface area contributed by atoms with Crippen LogP contribution in [0.15, 0.2) is 12.3 Å². The van der Waals surface area contributed by atoms with Crippen LogP contribution in [-0.2, 0) is 18.3 Å². The van der Waals surface area contributed by atoms with E-state index in [-0.39, 0.29) is 11.9 Å². The van der Waals surface area contributed by atoms with Crippen molar-refractivity contribution in [3.63, 3.8) is 0 Å². The number of carbonyl (C=O) groups is 2. The molecule has 1 aliphatic heterocycles. The molecule has 3 amide bonds. The summed E-state index contributed by atoms with van der Waals surface area (Å²) in [6.45, 7) is 2.77. The van der Waals surface area contributed by atoms with Crippen molar-refractivity contribution in [2.24, 2.45) is 13.0 Å². The summed E-state index contributed by atoms with van der Waals surface area (Å²) in [6.07, 6.45) is 6.02. The highest BCUT2D eigenvalue weighted by molar-refractivity contribution is 6.07. The van der Waals surface area contributed by atoms with Gasteiger partial charge in [-0.15, -0.1) is 0 Å². The SMILES string of the molecule is CC1CCC2(CC1)C(=O)NC(=O)N2CCc1ccnn1C. The van der Waals surface area contributed by atoms with Crippen LogP contribution in [0.4, 0.5) is 4.79 Å². The first-order valence-corrected chi connectivity index (χ1v) is 7.63. The summed E-state index contributed by atoms with van der Waals surface area (Å²) in [7, 11) is 1.89. The van der Waals surface area contributed by atoms with Crippen molar-refractivity contribution in [2.45, 2.75) is 44.6 Å². The number of nitrogens with zero attached hydrogens (tertiary/aromatic N) is 3. The molecule has 6 heteroatoms. The predicted molar refractivity (Wildman–Crippen MR) is 77.5 cm³/mol. The van der Waals surface area contributed by atoms with Crippen molar-refractivity contribution in [3.05, 3.63) is 18.0 Å². The quantitative estimate of drug-likeness (QED) is 0.857. The molecule has 1 spiro atoms. The highest BCUT2D eigenvalue weighted by Gasteiger charge is 2.53. The van der Waals surface area contributed by atoms with Crippen molar-refractivity contribution in [1.82, 2.24) is 20.0 Å². The third-order valence-electron chi connectivity index (χ3n) is 5.02. The lowest BCUT2D eigenvalue weighted by molar-refractivity contribution is -0.128. The third-order valence-corrected chi connectivity index (χ3v) is 5.02. The van der Waals surface area contributed by atoms with E-state index < -0.39 is 5.54 Å². The van der Waals surface area contributed by atoms with Gasteiger partial charge in [0.15, 0.2) is 0 Å². The van der Waals surface area contributed by atoms with Gasteiger partial charge in [0.05, 0.1) is 0 Å². The fraction of sp³-hybridized carbons (Fsp3) is 0.667. The largest absolute Gasteiger partial charge is 0.325 e. The van der Waals surface area contributed by atoms with Crippen molar-refractivity contribution >= 4 is 11.9 Å². The van der Waals surface area contributed by atoms with Crippen LogP contribution in [0.3, 0.4) is 0 Å². The van der Waals surface area contributed by atoms with E-state index >= 15 is 0 Å². The van der Waals surface area contributed by atoms with Gasteiger partial charge in [-0.3, -0.25) is 14.8 Å². The van der Waals surface area contributed by atoms with Gasteiger partial charge in [0.25, 0.3) is 5.91 Å². The summed E-state index contributed by atoms with van der Waals surface area (Å²) >= 11 is 0. The first-order valence-electron chi connectivity index (χ1n) is 7.63. The molecule has 21 heavy (non-hydrogen) atoms. The zero-order valence-corrected chi connectivity index (χ0v) is 12.6. The van der Waals surface area contributed by atoms with E-state index in [2.05, 4.69) is 17.3 Å². The number of amides is 3. The minimum absolute atomic E-state index is 0.107. The fourth-order valence-electron chi connectivity index (χ4n) is 3.52. The molecule has 1 saturated carbocycles. The first-order chi connectivity index (χ1) is 10.0. The number of aromatic nitrogens is 2. The molecule has 0 bridgehead atoms. The Hall–Kier alpha value is -1.85. The zero-order valence-electron chi connectivity index (χ0n) is 12.6. The summed E-state index contributed by atoms with van der Waals surface area (Å²) in [6, 6.07) is 1.71. The molecule has 2 heterocycles. The standard InChI is InChI=1S/C15H22N4O2/c1-11-3-7-15(8-4-11)13(20)17-14(21)19(15)10-6-12-5-9-16-18(12)2/h5,9,11H,3-4,6-8,10H2,1-2H3,(H,17,20,21). The molecule has 2 aliphatic rings. The van der Waals surface area contributed by atoms with Gasteiger partial charge in [0.2, 0.25) is 0 Å². The molecule has 1 saturated heterocycles. The normalized spacial score (nSPS) is 29.2. The monoisotopic (exact) mass is 290 g/mol. The Morgan fingerprint density at radius 1 is 1.38 bits per heavy atom. The summed E-state index contributed by atoms with van der Waals surface area (Å²) in [5, 5.41) is 6.65. The van der Waals surface area contributed by atoms with Crippen LogP contribution in [0.25, 0.3) is 0 Å². The maximum absolute atomic E-state index is 12.3. The second-order valence-corrected chi connectivity index (χ2v) is 6.32. The second-order valence-electron chi connectivity index (χ2n) is 6.32. The number of nitrogens with one attached hydrogen (secondary N) is 1. The van der Waals surface area contributed by atoms with E-state index in [9.17, 15) is 9.59 Å². The molecule has 1 aromatic rings. The van der Waals surface area contributed by atoms with Crippen LogP contribution in [-0.4, -0.2) is 38.7 Å². The van der Waals surface area contributed by atoms with E-state index in [0.29, 0.717) is 18.9 Å². The van der Waals surface area contributed by atoms with Crippen LogP contribution in [0.1, 0.15) is 38.3 Å². The molecule has 0 unspecified atom stereocenters. The molecule has 0 atom stereocenters. The lowest BCUT2D eigenvalue weighted by atomic mass is 9.76. The lowest BCUT2D eigenvalue weighted by Crippen LogP contribution is -2.52. The number of hydrogen-bond acceptors (Lipinski definition) is 3. The molecule has 3 rings (SSSR count). The highest BCUT2D eigenvalue weighted by Crippen LogP contribution is 2.39. The van der Waals surface area contributed by atoms with Gasteiger partial charge < -0.3 is 4.90 Å². The predicted octanol–water partition coefficient (Wildman–Crippen LogP) is 1.46. The number of urea groups is 1. The Kier molecular flexibility index (Phi) is 3.47. The summed E-state index contributed by atoms with van der Waals surface area (Å²) in [4.78, 5) is 26.2. The number of imide groups is 1. The third kappa shape index (κ3) is 2.32. The fourth-order valence-corrected chi connectivity index (χ4v) is 3.52. The van der Waals surface area contributed by atoms with Crippen molar-refractivity contribution in [3.8, 4) is 0 Å². The van der Waals surface area contributed by atoms with Gasteiger partial charge in [-0.2, -0.15) is 5.10 Å². The van der Waals surface area contributed by atoms with E-state index in [0.717, 1.165) is 31.4 Å². The lowest BCUT2D eigenvalue weighted by Gasteiger charge is -2.40. The summed E-state index contributed by atoms with van der Waals surface area (Å²) < 4.78 is 1.81. The van der Waals surface area contributed by atoms with Crippen molar-refractivity contribution < 1.29 is 9.59 Å². The number of carbonyl (C=O) groups excluding carboxylic acids is 2. The van der Waals surface area contributed by atoms with Crippen molar-refractivity contribution in [1.29, 1.82) is 0 Å². The smallest absolute Gasteiger partial charge is 0.309 e. The first kappa shape index (κ1) is 14.1. The number of rotatable bonds is 3. The Balaban J connectivity index is 1.76. The highest BCUT2D eigenvalue weighted by atomic mass is 16.2. The molecule has 0 aromatic carbocycles. The molecule has 1 aromatic heterocycles. The molecule has 0 radical (unpaired) electrons. The molecule has 1 N–H and O–H groups in total. The van der Waals surface area contributed by atoms with E-state index in [4.69, 9.17) is 0 Å². The average Bonchev–Trinajstić information content (AvgIpc) is 2.95. The minimum atomic E-state index is -0.609. The molecule has 114 valence electrons. The van der Waals surface area contributed by atoms with Gasteiger partial charge in [-0.1, -0.05) is 6.92 Å². The molecule has 1 aliphatic carbocycles. The molecule has 6 nitrogen and oxygen atoms in total.